The van der Waals surface area contributed by atoms with Gasteiger partial charge in [0.25, 0.3) is 0 Å². The van der Waals surface area contributed by atoms with Crippen LogP contribution in [0.3, 0.4) is 0 Å². The fraction of sp³-hybridized carbons (Fsp3) is 0.261. The van der Waals surface area contributed by atoms with E-state index in [4.69, 9.17) is 4.74 Å². The van der Waals surface area contributed by atoms with Crippen LogP contribution in [0.1, 0.15) is 35.2 Å². The van der Waals surface area contributed by atoms with Crippen molar-refractivity contribution in [1.82, 2.24) is 15.5 Å². The van der Waals surface area contributed by atoms with Crippen LogP contribution < -0.4 is 5.32 Å². The highest BCUT2D eigenvalue weighted by molar-refractivity contribution is 5.81. The molecule has 1 aliphatic carbocycles. The zero-order chi connectivity index (χ0) is 21.1. The van der Waals surface area contributed by atoms with E-state index < -0.39 is 18.1 Å². The van der Waals surface area contributed by atoms with Crippen molar-refractivity contribution in [3.05, 3.63) is 77.1 Å². The van der Waals surface area contributed by atoms with Crippen LogP contribution in [0.2, 0.25) is 0 Å². The topological polar surface area (TPSA) is 104 Å². The number of carboxylic acids is 1. The summed E-state index contributed by atoms with van der Waals surface area (Å²) in [6.07, 6.45) is 1.69. The molecule has 0 fully saturated rings. The molecule has 0 aliphatic heterocycles. The van der Waals surface area contributed by atoms with Crippen molar-refractivity contribution >= 4 is 12.1 Å². The maximum atomic E-state index is 12.4. The number of rotatable bonds is 7. The van der Waals surface area contributed by atoms with E-state index >= 15 is 0 Å². The van der Waals surface area contributed by atoms with Gasteiger partial charge in [-0.1, -0.05) is 55.5 Å². The number of H-pyrrole nitrogens is 1. The van der Waals surface area contributed by atoms with E-state index in [2.05, 4.69) is 27.6 Å². The van der Waals surface area contributed by atoms with Crippen LogP contribution in [0, 0.1) is 0 Å². The number of nitrogens with one attached hydrogen (secondary N) is 2. The molecule has 1 atom stereocenters. The van der Waals surface area contributed by atoms with Crippen molar-refractivity contribution in [3.8, 4) is 11.1 Å². The van der Waals surface area contributed by atoms with Gasteiger partial charge in [-0.2, -0.15) is 5.10 Å². The first-order valence-corrected chi connectivity index (χ1v) is 9.94. The molecule has 7 heteroatoms. The second kappa shape index (κ2) is 8.41. The Morgan fingerprint density at radius 3 is 2.37 bits per heavy atom. The molecule has 7 nitrogen and oxygen atoms in total. The second-order valence-corrected chi connectivity index (χ2v) is 7.29. The van der Waals surface area contributed by atoms with Crippen molar-refractivity contribution in [2.45, 2.75) is 31.7 Å². The molecule has 1 aromatic heterocycles. The van der Waals surface area contributed by atoms with Crippen LogP contribution in [-0.2, 0) is 22.4 Å². The lowest BCUT2D eigenvalue weighted by Crippen LogP contribution is -2.43. The highest BCUT2D eigenvalue weighted by atomic mass is 16.5. The standard InChI is InChI=1S/C23H23N3O4/c1-2-20-14(12-24-26-20)11-21(22(27)28)25-23(29)30-13-19-17-9-5-3-7-15(17)16-8-4-6-10-18(16)19/h3-10,12,19,21H,2,11,13H2,1H3,(H,24,26)(H,25,29)(H,27,28). The fourth-order valence-electron chi connectivity index (χ4n) is 4.02. The Balaban J connectivity index is 1.43. The lowest BCUT2D eigenvalue weighted by atomic mass is 9.98. The molecule has 1 amide bonds. The summed E-state index contributed by atoms with van der Waals surface area (Å²) >= 11 is 0. The predicted molar refractivity (Wildman–Crippen MR) is 111 cm³/mol. The molecule has 30 heavy (non-hydrogen) atoms. The van der Waals surface area contributed by atoms with Gasteiger partial charge < -0.3 is 15.2 Å². The predicted octanol–water partition coefficient (Wildman–Crippen LogP) is 3.51. The van der Waals surface area contributed by atoms with Crippen LogP contribution in [0.4, 0.5) is 4.79 Å². The molecule has 0 saturated heterocycles. The average molecular weight is 405 g/mol. The molecule has 0 bridgehead atoms. The van der Waals surface area contributed by atoms with Crippen molar-refractivity contribution in [2.75, 3.05) is 6.61 Å². The van der Waals surface area contributed by atoms with Gasteiger partial charge in [-0.15, -0.1) is 0 Å². The number of hydrogen-bond acceptors (Lipinski definition) is 4. The van der Waals surface area contributed by atoms with Crippen LogP contribution in [0.25, 0.3) is 11.1 Å². The second-order valence-electron chi connectivity index (χ2n) is 7.29. The average Bonchev–Trinajstić information content (AvgIpc) is 3.33. The lowest BCUT2D eigenvalue weighted by molar-refractivity contribution is -0.139. The van der Waals surface area contributed by atoms with Gasteiger partial charge in [0, 0.05) is 18.0 Å². The van der Waals surface area contributed by atoms with E-state index in [0.29, 0.717) is 6.42 Å². The van der Waals surface area contributed by atoms with E-state index in [1.807, 2.05) is 43.3 Å². The number of aliphatic carboxylic acids is 1. The van der Waals surface area contributed by atoms with E-state index in [9.17, 15) is 14.7 Å². The number of benzene rings is 2. The number of aryl methyl sites for hydroxylation is 1. The molecule has 1 heterocycles. The fourth-order valence-corrected chi connectivity index (χ4v) is 4.02. The Morgan fingerprint density at radius 1 is 1.13 bits per heavy atom. The summed E-state index contributed by atoms with van der Waals surface area (Å²) in [6, 6.07) is 15.0. The first kappa shape index (κ1) is 19.7. The smallest absolute Gasteiger partial charge is 0.407 e. The van der Waals surface area contributed by atoms with E-state index in [-0.39, 0.29) is 18.9 Å². The number of amides is 1. The van der Waals surface area contributed by atoms with E-state index in [1.165, 1.54) is 0 Å². The molecule has 0 spiro atoms. The maximum absolute atomic E-state index is 12.4. The summed E-state index contributed by atoms with van der Waals surface area (Å²) in [5, 5.41) is 18.8. The zero-order valence-corrected chi connectivity index (χ0v) is 16.6. The first-order chi connectivity index (χ1) is 14.6. The summed E-state index contributed by atoms with van der Waals surface area (Å²) in [5.74, 6) is -1.20. The molecule has 3 aromatic rings. The minimum Gasteiger partial charge on any atom is -0.480 e. The Hall–Kier alpha value is -3.61. The third kappa shape index (κ3) is 3.78. The number of ether oxygens (including phenoxy) is 1. The highest BCUT2D eigenvalue weighted by Crippen LogP contribution is 2.44. The van der Waals surface area contributed by atoms with Gasteiger partial charge in [-0.3, -0.25) is 5.10 Å². The minimum absolute atomic E-state index is 0.0769. The number of alkyl carbamates (subject to hydrolysis) is 1. The molecule has 1 aliphatic rings. The van der Waals surface area contributed by atoms with E-state index in [0.717, 1.165) is 33.5 Å². The molecule has 2 aromatic carbocycles. The molecule has 0 saturated carbocycles. The number of carboxylic acid groups (broad SMARTS) is 1. The Labute approximate surface area is 174 Å². The van der Waals surface area contributed by atoms with Crippen molar-refractivity contribution in [1.29, 1.82) is 0 Å². The third-order valence-electron chi connectivity index (χ3n) is 5.52. The van der Waals surface area contributed by atoms with Crippen LogP contribution in [-0.4, -0.2) is 40.0 Å². The summed E-state index contributed by atoms with van der Waals surface area (Å²) in [6.45, 7) is 2.09. The van der Waals surface area contributed by atoms with Gasteiger partial charge in [-0.25, -0.2) is 9.59 Å². The number of carbonyl (C=O) groups excluding carboxylic acids is 1. The maximum Gasteiger partial charge on any atom is 0.407 e. The summed E-state index contributed by atoms with van der Waals surface area (Å²) in [4.78, 5) is 24.0. The van der Waals surface area contributed by atoms with Crippen molar-refractivity contribution in [2.24, 2.45) is 0 Å². The quantitative estimate of drug-likeness (QED) is 0.558. The number of hydrogen-bond donors (Lipinski definition) is 3. The number of aromatic nitrogens is 2. The van der Waals surface area contributed by atoms with Gasteiger partial charge in [0.2, 0.25) is 0 Å². The summed E-state index contributed by atoms with van der Waals surface area (Å²) < 4.78 is 5.46. The molecular weight excluding hydrogens is 382 g/mol. The van der Waals surface area contributed by atoms with Crippen molar-refractivity contribution in [3.63, 3.8) is 0 Å². The molecule has 4 rings (SSSR count). The van der Waals surface area contributed by atoms with Gasteiger partial charge in [0.1, 0.15) is 12.6 Å². The molecule has 3 N–H and O–H groups in total. The van der Waals surface area contributed by atoms with Crippen LogP contribution in [0.15, 0.2) is 54.7 Å². The van der Waals surface area contributed by atoms with Crippen molar-refractivity contribution < 1.29 is 19.4 Å². The number of nitrogens with zero attached hydrogens (tertiary/aromatic N) is 1. The van der Waals surface area contributed by atoms with Gasteiger partial charge in [-0.05, 0) is 34.2 Å². The number of fused-ring (bicyclic) bond motifs is 3. The van der Waals surface area contributed by atoms with Crippen LogP contribution >= 0.6 is 0 Å². The lowest BCUT2D eigenvalue weighted by Gasteiger charge is -2.17. The zero-order valence-electron chi connectivity index (χ0n) is 16.6. The molecular formula is C23H23N3O4. The number of aromatic amines is 1. The Kier molecular flexibility index (Phi) is 5.52. The SMILES string of the molecule is CCc1[nH]ncc1CC(NC(=O)OCC1c2ccccc2-c2ccccc21)C(=O)O. The monoisotopic (exact) mass is 405 g/mol. The molecule has 1 unspecified atom stereocenters. The summed E-state index contributed by atoms with van der Waals surface area (Å²) in [5.41, 5.74) is 6.11. The van der Waals surface area contributed by atoms with Crippen LogP contribution in [0.5, 0.6) is 0 Å². The third-order valence-corrected chi connectivity index (χ3v) is 5.52. The largest absolute Gasteiger partial charge is 0.480 e. The number of carbonyl (C=O) groups is 2. The van der Waals surface area contributed by atoms with Gasteiger partial charge in [0.15, 0.2) is 0 Å². The Bertz CT molecular complexity index is 1030. The summed E-state index contributed by atoms with van der Waals surface area (Å²) in [7, 11) is 0. The van der Waals surface area contributed by atoms with Gasteiger partial charge >= 0.3 is 12.1 Å². The minimum atomic E-state index is -1.12. The Morgan fingerprint density at radius 2 is 1.77 bits per heavy atom. The highest BCUT2D eigenvalue weighted by Gasteiger charge is 2.30. The normalized spacial score (nSPS) is 13.4. The molecule has 0 radical (unpaired) electrons. The first-order valence-electron chi connectivity index (χ1n) is 9.94. The van der Waals surface area contributed by atoms with E-state index in [1.54, 1.807) is 6.20 Å². The van der Waals surface area contributed by atoms with Gasteiger partial charge in [0.05, 0.1) is 6.20 Å². The molecule has 154 valence electrons.